The summed E-state index contributed by atoms with van der Waals surface area (Å²) < 4.78 is 5.77. The van der Waals surface area contributed by atoms with Gasteiger partial charge in [0.25, 0.3) is 5.91 Å². The number of ether oxygens (including phenoxy) is 1. The lowest BCUT2D eigenvalue weighted by molar-refractivity contribution is -0.129. The molecule has 0 aliphatic carbocycles. The quantitative estimate of drug-likeness (QED) is 0.496. The minimum absolute atomic E-state index is 0.359. The average molecular weight is 368 g/mol. The van der Waals surface area contributed by atoms with Crippen LogP contribution in [0.25, 0.3) is 0 Å². The lowest BCUT2D eigenvalue weighted by Crippen LogP contribution is -2.27. The van der Waals surface area contributed by atoms with Crippen molar-refractivity contribution >= 4 is 17.5 Å². The van der Waals surface area contributed by atoms with Gasteiger partial charge in [0.15, 0.2) is 0 Å². The fourth-order valence-electron chi connectivity index (χ4n) is 2.74. The maximum atomic E-state index is 12.1. The molecule has 0 radical (unpaired) electrons. The van der Waals surface area contributed by atoms with Crippen LogP contribution in [0, 0.1) is 0 Å². The standard InChI is InChI=1S/C21H18ClNO3/c22-19-9-5-4-8-17(19)14-26-18-12-10-16(11-13-18)20(21(24)23-25)15-6-2-1-3-7-15/h1-13,20,25H,14H2,(H,23,24). The lowest BCUT2D eigenvalue weighted by atomic mass is 9.91. The lowest BCUT2D eigenvalue weighted by Gasteiger charge is -2.16. The molecule has 3 aromatic rings. The van der Waals surface area contributed by atoms with Crippen LogP contribution in [-0.2, 0) is 11.4 Å². The van der Waals surface area contributed by atoms with Crippen molar-refractivity contribution in [1.29, 1.82) is 0 Å². The van der Waals surface area contributed by atoms with Gasteiger partial charge in [-0.05, 0) is 29.3 Å². The first-order valence-electron chi connectivity index (χ1n) is 8.14. The largest absolute Gasteiger partial charge is 0.489 e. The molecule has 5 heteroatoms. The summed E-state index contributed by atoms with van der Waals surface area (Å²) in [7, 11) is 0. The number of benzene rings is 3. The first kappa shape index (κ1) is 18.0. The van der Waals surface area contributed by atoms with Crippen LogP contribution in [0.2, 0.25) is 5.02 Å². The van der Waals surface area contributed by atoms with Crippen molar-refractivity contribution in [1.82, 2.24) is 5.48 Å². The van der Waals surface area contributed by atoms with Gasteiger partial charge in [0, 0.05) is 10.6 Å². The highest BCUT2D eigenvalue weighted by Crippen LogP contribution is 2.27. The Kier molecular flexibility index (Phi) is 5.89. The zero-order valence-corrected chi connectivity index (χ0v) is 14.7. The topological polar surface area (TPSA) is 58.6 Å². The molecule has 1 amide bonds. The molecule has 2 N–H and O–H groups in total. The van der Waals surface area contributed by atoms with Gasteiger partial charge >= 0.3 is 0 Å². The minimum Gasteiger partial charge on any atom is -0.489 e. The molecule has 0 saturated heterocycles. The van der Waals surface area contributed by atoms with Gasteiger partial charge < -0.3 is 4.74 Å². The Balaban J connectivity index is 1.77. The highest BCUT2D eigenvalue weighted by Gasteiger charge is 2.22. The molecular weight excluding hydrogens is 350 g/mol. The second-order valence-electron chi connectivity index (χ2n) is 5.77. The van der Waals surface area contributed by atoms with Gasteiger partial charge in [-0.2, -0.15) is 0 Å². The van der Waals surface area contributed by atoms with Crippen LogP contribution in [0.1, 0.15) is 22.6 Å². The van der Waals surface area contributed by atoms with Crippen LogP contribution in [0.15, 0.2) is 78.9 Å². The van der Waals surface area contributed by atoms with Gasteiger partial charge in [-0.15, -0.1) is 0 Å². The maximum absolute atomic E-state index is 12.1. The second-order valence-corrected chi connectivity index (χ2v) is 6.18. The highest BCUT2D eigenvalue weighted by atomic mass is 35.5. The van der Waals surface area contributed by atoms with Crippen LogP contribution in [0.3, 0.4) is 0 Å². The zero-order chi connectivity index (χ0) is 18.4. The molecule has 0 aromatic heterocycles. The number of carbonyl (C=O) groups excluding carboxylic acids is 1. The molecule has 0 heterocycles. The smallest absolute Gasteiger partial charge is 0.255 e. The number of hydroxylamine groups is 1. The Morgan fingerprint density at radius 2 is 1.54 bits per heavy atom. The first-order chi connectivity index (χ1) is 12.7. The molecule has 0 saturated carbocycles. The van der Waals surface area contributed by atoms with Crippen molar-refractivity contribution in [2.24, 2.45) is 0 Å². The Bertz CT molecular complexity index is 866. The van der Waals surface area contributed by atoms with Crippen LogP contribution in [0.5, 0.6) is 5.75 Å². The average Bonchev–Trinajstić information content (AvgIpc) is 2.69. The van der Waals surface area contributed by atoms with E-state index < -0.39 is 11.8 Å². The fraction of sp³-hybridized carbons (Fsp3) is 0.0952. The van der Waals surface area contributed by atoms with E-state index in [0.717, 1.165) is 16.7 Å². The molecule has 3 aromatic carbocycles. The van der Waals surface area contributed by atoms with E-state index in [1.54, 1.807) is 17.6 Å². The van der Waals surface area contributed by atoms with Crippen molar-refractivity contribution in [3.05, 3.63) is 101 Å². The molecule has 1 unspecified atom stereocenters. The summed E-state index contributed by atoms with van der Waals surface area (Å²) in [6.07, 6.45) is 0. The molecule has 0 fully saturated rings. The Labute approximate surface area is 157 Å². The normalized spacial score (nSPS) is 11.6. The van der Waals surface area contributed by atoms with Crippen molar-refractivity contribution < 1.29 is 14.7 Å². The first-order valence-corrected chi connectivity index (χ1v) is 8.52. The molecule has 0 aliphatic rings. The molecule has 0 bridgehead atoms. The Morgan fingerprint density at radius 1 is 0.923 bits per heavy atom. The maximum Gasteiger partial charge on any atom is 0.255 e. The van der Waals surface area contributed by atoms with Crippen molar-refractivity contribution in [2.45, 2.75) is 12.5 Å². The molecule has 4 nitrogen and oxygen atoms in total. The SMILES string of the molecule is O=C(NO)C(c1ccccc1)c1ccc(OCc2ccccc2Cl)cc1. The van der Waals surface area contributed by atoms with Crippen LogP contribution in [-0.4, -0.2) is 11.1 Å². The predicted molar refractivity (Wildman–Crippen MR) is 100 cm³/mol. The molecule has 132 valence electrons. The van der Waals surface area contributed by atoms with Crippen molar-refractivity contribution in [2.75, 3.05) is 0 Å². The summed E-state index contributed by atoms with van der Waals surface area (Å²) in [5.74, 6) is -0.412. The molecule has 1 atom stereocenters. The summed E-state index contributed by atoms with van der Waals surface area (Å²) in [4.78, 5) is 12.1. The summed E-state index contributed by atoms with van der Waals surface area (Å²) in [5.41, 5.74) is 4.20. The number of hydrogen-bond acceptors (Lipinski definition) is 3. The van der Waals surface area contributed by atoms with E-state index in [-0.39, 0.29) is 0 Å². The summed E-state index contributed by atoms with van der Waals surface area (Å²) in [6, 6.07) is 24.0. The summed E-state index contributed by atoms with van der Waals surface area (Å²) in [5, 5.41) is 9.74. The van der Waals surface area contributed by atoms with E-state index in [2.05, 4.69) is 0 Å². The number of hydrogen-bond donors (Lipinski definition) is 2. The van der Waals surface area contributed by atoms with Gasteiger partial charge in [0.1, 0.15) is 12.4 Å². The van der Waals surface area contributed by atoms with Crippen LogP contribution >= 0.6 is 11.6 Å². The highest BCUT2D eigenvalue weighted by molar-refractivity contribution is 6.31. The molecule has 0 aliphatic heterocycles. The van der Waals surface area contributed by atoms with E-state index in [0.29, 0.717) is 17.4 Å². The van der Waals surface area contributed by atoms with Gasteiger partial charge in [-0.1, -0.05) is 72.3 Å². The minimum atomic E-state index is -0.598. The second kappa shape index (κ2) is 8.52. The van der Waals surface area contributed by atoms with E-state index >= 15 is 0 Å². The van der Waals surface area contributed by atoms with Crippen molar-refractivity contribution in [3.63, 3.8) is 0 Å². The third-order valence-corrected chi connectivity index (χ3v) is 4.44. The van der Waals surface area contributed by atoms with Crippen LogP contribution < -0.4 is 10.2 Å². The van der Waals surface area contributed by atoms with E-state index in [1.165, 1.54) is 0 Å². The number of amides is 1. The zero-order valence-electron chi connectivity index (χ0n) is 13.9. The number of nitrogens with one attached hydrogen (secondary N) is 1. The molecule has 0 spiro atoms. The van der Waals surface area contributed by atoms with E-state index in [4.69, 9.17) is 21.5 Å². The van der Waals surface area contributed by atoms with E-state index in [9.17, 15) is 4.79 Å². The summed E-state index contributed by atoms with van der Waals surface area (Å²) >= 11 is 6.13. The fourth-order valence-corrected chi connectivity index (χ4v) is 2.93. The Morgan fingerprint density at radius 3 is 2.19 bits per heavy atom. The number of carbonyl (C=O) groups is 1. The van der Waals surface area contributed by atoms with Gasteiger partial charge in [0.2, 0.25) is 0 Å². The van der Waals surface area contributed by atoms with Gasteiger partial charge in [0.05, 0.1) is 5.92 Å². The van der Waals surface area contributed by atoms with Gasteiger partial charge in [-0.25, -0.2) is 5.48 Å². The third-order valence-electron chi connectivity index (χ3n) is 4.07. The monoisotopic (exact) mass is 367 g/mol. The van der Waals surface area contributed by atoms with Crippen molar-refractivity contribution in [3.8, 4) is 5.75 Å². The van der Waals surface area contributed by atoms with Gasteiger partial charge in [-0.3, -0.25) is 10.0 Å². The molecular formula is C21H18ClNO3. The van der Waals surface area contributed by atoms with Crippen LogP contribution in [0.4, 0.5) is 0 Å². The number of rotatable bonds is 6. The van der Waals surface area contributed by atoms with E-state index in [1.807, 2.05) is 66.7 Å². The predicted octanol–water partition coefficient (Wildman–Crippen LogP) is 4.56. The summed E-state index contributed by atoms with van der Waals surface area (Å²) in [6.45, 7) is 0.359. The molecule has 3 rings (SSSR count). The Hall–Kier alpha value is -2.82. The number of halogens is 1. The third kappa shape index (κ3) is 4.23. The molecule has 26 heavy (non-hydrogen) atoms.